The van der Waals surface area contributed by atoms with Crippen molar-refractivity contribution in [2.45, 2.75) is 25.9 Å². The molecule has 1 atom stereocenters. The summed E-state index contributed by atoms with van der Waals surface area (Å²) < 4.78 is 12.6. The summed E-state index contributed by atoms with van der Waals surface area (Å²) in [7, 11) is 3.36. The number of rotatable bonds is 10. The van der Waals surface area contributed by atoms with Gasteiger partial charge >= 0.3 is 0 Å². The van der Waals surface area contributed by atoms with Crippen LogP contribution < -0.4 is 20.3 Å². The fourth-order valence-electron chi connectivity index (χ4n) is 3.33. The van der Waals surface area contributed by atoms with Crippen molar-refractivity contribution in [1.82, 2.24) is 9.88 Å². The number of methoxy groups -OCH3 is 1. The van der Waals surface area contributed by atoms with Crippen molar-refractivity contribution in [1.29, 1.82) is 0 Å². The molecule has 0 unspecified atom stereocenters. The lowest BCUT2D eigenvalue weighted by molar-refractivity contribution is 0.106. The highest BCUT2D eigenvalue weighted by Crippen LogP contribution is 2.26. The number of ether oxygens (including phenoxy) is 2. The molecule has 6 nitrogen and oxygen atoms in total. The van der Waals surface area contributed by atoms with Gasteiger partial charge in [0, 0.05) is 13.6 Å². The first kappa shape index (κ1) is 21.9. The van der Waals surface area contributed by atoms with E-state index in [0.717, 1.165) is 36.0 Å². The van der Waals surface area contributed by atoms with E-state index in [1.54, 1.807) is 24.8 Å². The van der Waals surface area contributed by atoms with Gasteiger partial charge in [-0.25, -0.2) is 0 Å². The summed E-state index contributed by atoms with van der Waals surface area (Å²) in [5.41, 5.74) is 1.67. The highest BCUT2D eigenvalue weighted by Gasteiger charge is 2.10. The normalized spacial score (nSPS) is 12.1. The van der Waals surface area contributed by atoms with Crippen molar-refractivity contribution in [3.63, 3.8) is 0 Å². The second-order valence-electron chi connectivity index (χ2n) is 7.39. The highest BCUT2D eigenvalue weighted by atomic mass is 16.5. The molecule has 0 aliphatic carbocycles. The standard InChI is InChI=1S/C24H30N2O4/c1-4-5-12-25-15-19(27)16-30-20-9-6-17(7-10-20)23-13-18-8-11-21(29-3)14-22(18)24(28)26(23)2/h6-11,13-14,19,25,27H,4-5,12,15-16H2,1-3H3/t19-/m0/s1. The third-order valence-electron chi connectivity index (χ3n) is 5.13. The maximum Gasteiger partial charge on any atom is 0.258 e. The van der Waals surface area contributed by atoms with Gasteiger partial charge in [-0.05, 0) is 66.4 Å². The largest absolute Gasteiger partial charge is 0.497 e. The molecule has 3 aromatic rings. The van der Waals surface area contributed by atoms with Crippen LogP contribution in [0.2, 0.25) is 0 Å². The number of nitrogens with one attached hydrogen (secondary N) is 1. The Morgan fingerprint density at radius 3 is 2.53 bits per heavy atom. The van der Waals surface area contributed by atoms with E-state index in [1.807, 2.05) is 42.5 Å². The molecule has 6 heteroatoms. The minimum Gasteiger partial charge on any atom is -0.497 e. The second-order valence-corrected chi connectivity index (χ2v) is 7.39. The van der Waals surface area contributed by atoms with E-state index in [1.165, 1.54) is 0 Å². The van der Waals surface area contributed by atoms with Gasteiger partial charge in [0.05, 0.1) is 18.2 Å². The molecule has 0 radical (unpaired) electrons. The SMILES string of the molecule is CCCCNC[C@H](O)COc1ccc(-c2cc3ccc(OC)cc3c(=O)n2C)cc1. The first-order valence-electron chi connectivity index (χ1n) is 10.3. The molecule has 0 saturated heterocycles. The quantitative estimate of drug-likeness (QED) is 0.502. The van der Waals surface area contributed by atoms with Gasteiger partial charge in [-0.2, -0.15) is 0 Å². The maximum absolute atomic E-state index is 12.8. The number of unbranched alkanes of at least 4 members (excludes halogenated alkanes) is 1. The molecule has 30 heavy (non-hydrogen) atoms. The van der Waals surface area contributed by atoms with Crippen LogP contribution in [0.1, 0.15) is 19.8 Å². The summed E-state index contributed by atoms with van der Waals surface area (Å²) in [6.45, 7) is 3.79. The molecule has 160 valence electrons. The Morgan fingerprint density at radius 2 is 1.83 bits per heavy atom. The molecule has 0 aliphatic heterocycles. The Hall–Kier alpha value is -2.83. The number of hydrogen-bond acceptors (Lipinski definition) is 5. The van der Waals surface area contributed by atoms with Crippen LogP contribution in [0.3, 0.4) is 0 Å². The average molecular weight is 411 g/mol. The fraction of sp³-hybridized carbons (Fsp3) is 0.375. The van der Waals surface area contributed by atoms with Crippen molar-refractivity contribution >= 4 is 10.8 Å². The van der Waals surface area contributed by atoms with E-state index in [0.29, 0.717) is 23.4 Å². The Kier molecular flexibility index (Phi) is 7.49. The molecular formula is C24H30N2O4. The van der Waals surface area contributed by atoms with Gasteiger partial charge in [0.2, 0.25) is 0 Å². The lowest BCUT2D eigenvalue weighted by Crippen LogP contribution is -2.31. The predicted octanol–water partition coefficient (Wildman–Crippen LogP) is 3.34. The van der Waals surface area contributed by atoms with Crippen LogP contribution in [0.5, 0.6) is 11.5 Å². The molecule has 3 rings (SSSR count). The van der Waals surface area contributed by atoms with E-state index in [2.05, 4.69) is 12.2 Å². The molecule has 0 bridgehead atoms. The molecule has 2 N–H and O–H groups in total. The van der Waals surface area contributed by atoms with Gasteiger partial charge in [0.1, 0.15) is 24.2 Å². The van der Waals surface area contributed by atoms with Crippen LogP contribution in [-0.2, 0) is 7.05 Å². The fourth-order valence-corrected chi connectivity index (χ4v) is 3.33. The van der Waals surface area contributed by atoms with E-state index in [4.69, 9.17) is 9.47 Å². The molecule has 0 amide bonds. The zero-order valence-corrected chi connectivity index (χ0v) is 17.9. The van der Waals surface area contributed by atoms with Crippen molar-refractivity contribution in [2.24, 2.45) is 7.05 Å². The minimum absolute atomic E-state index is 0.0691. The molecule has 0 saturated carbocycles. The van der Waals surface area contributed by atoms with E-state index >= 15 is 0 Å². The summed E-state index contributed by atoms with van der Waals surface area (Å²) in [6.07, 6.45) is 1.67. The number of hydrogen-bond donors (Lipinski definition) is 2. The smallest absolute Gasteiger partial charge is 0.258 e. The summed E-state index contributed by atoms with van der Waals surface area (Å²) >= 11 is 0. The van der Waals surface area contributed by atoms with Crippen molar-refractivity contribution < 1.29 is 14.6 Å². The van der Waals surface area contributed by atoms with Gasteiger partial charge in [-0.1, -0.05) is 19.4 Å². The zero-order chi connectivity index (χ0) is 21.5. The Morgan fingerprint density at radius 1 is 1.10 bits per heavy atom. The Bertz CT molecular complexity index is 1030. The molecule has 1 aromatic heterocycles. The Labute approximate surface area is 177 Å². The lowest BCUT2D eigenvalue weighted by atomic mass is 10.1. The number of aliphatic hydroxyl groups excluding tert-OH is 1. The predicted molar refractivity (Wildman–Crippen MR) is 120 cm³/mol. The summed E-state index contributed by atoms with van der Waals surface area (Å²) in [5, 5.41) is 14.7. The third kappa shape index (κ3) is 5.20. The number of benzene rings is 2. The van der Waals surface area contributed by atoms with Crippen molar-refractivity contribution in [2.75, 3.05) is 26.8 Å². The zero-order valence-electron chi connectivity index (χ0n) is 17.9. The van der Waals surface area contributed by atoms with E-state index in [-0.39, 0.29) is 12.2 Å². The number of aromatic nitrogens is 1. The number of aliphatic hydroxyl groups is 1. The Balaban J connectivity index is 1.71. The van der Waals surface area contributed by atoms with Gasteiger partial charge < -0.3 is 24.5 Å². The van der Waals surface area contributed by atoms with Crippen molar-refractivity contribution in [3.05, 3.63) is 58.9 Å². The minimum atomic E-state index is -0.556. The summed E-state index contributed by atoms with van der Waals surface area (Å²) in [6, 6.07) is 15.1. The molecule has 0 spiro atoms. The highest BCUT2D eigenvalue weighted by molar-refractivity contribution is 5.86. The first-order chi connectivity index (χ1) is 14.5. The molecule has 1 heterocycles. The van der Waals surface area contributed by atoms with Crippen molar-refractivity contribution in [3.8, 4) is 22.8 Å². The third-order valence-corrected chi connectivity index (χ3v) is 5.13. The van der Waals surface area contributed by atoms with Crippen LogP contribution in [0.25, 0.3) is 22.0 Å². The number of fused-ring (bicyclic) bond motifs is 1. The van der Waals surface area contributed by atoms with Crippen LogP contribution in [0.4, 0.5) is 0 Å². The summed E-state index contributed by atoms with van der Waals surface area (Å²) in [4.78, 5) is 12.8. The van der Waals surface area contributed by atoms with Gasteiger partial charge in [0.15, 0.2) is 0 Å². The second kappa shape index (κ2) is 10.3. The molecule has 0 fully saturated rings. The topological polar surface area (TPSA) is 72.7 Å². The van der Waals surface area contributed by atoms with Crippen LogP contribution in [0.15, 0.2) is 53.3 Å². The van der Waals surface area contributed by atoms with Gasteiger partial charge in [0.25, 0.3) is 5.56 Å². The lowest BCUT2D eigenvalue weighted by Gasteiger charge is -2.14. The molecule has 2 aromatic carbocycles. The number of pyridine rings is 1. The first-order valence-corrected chi connectivity index (χ1v) is 10.3. The van der Waals surface area contributed by atoms with Crippen LogP contribution in [0, 0.1) is 0 Å². The van der Waals surface area contributed by atoms with E-state index < -0.39 is 6.10 Å². The van der Waals surface area contributed by atoms with Gasteiger partial charge in [-0.15, -0.1) is 0 Å². The summed E-state index contributed by atoms with van der Waals surface area (Å²) in [5.74, 6) is 1.35. The van der Waals surface area contributed by atoms with Gasteiger partial charge in [-0.3, -0.25) is 4.79 Å². The molecular weight excluding hydrogens is 380 g/mol. The monoisotopic (exact) mass is 410 g/mol. The number of nitrogens with zero attached hydrogens (tertiary/aromatic N) is 1. The average Bonchev–Trinajstić information content (AvgIpc) is 2.78. The molecule has 0 aliphatic rings. The van der Waals surface area contributed by atoms with E-state index in [9.17, 15) is 9.90 Å². The maximum atomic E-state index is 12.8. The van der Waals surface area contributed by atoms with Crippen LogP contribution >= 0.6 is 0 Å². The van der Waals surface area contributed by atoms with Crippen LogP contribution in [-0.4, -0.2) is 42.6 Å².